The standard InChI is InChI=1S/C19H16BrNO2/c20-17-5-2-1-4-14(17)9-12-18(22)15-7-10-16(11-8-15)21-13-3-6-19(21)23/h1-2,4-5,7-12H,3,6,13H2/b12-9+. The second kappa shape index (κ2) is 6.92. The summed E-state index contributed by atoms with van der Waals surface area (Å²) >= 11 is 3.46. The molecule has 0 radical (unpaired) electrons. The van der Waals surface area contributed by atoms with Gasteiger partial charge in [-0.3, -0.25) is 9.59 Å². The highest BCUT2D eigenvalue weighted by atomic mass is 79.9. The number of anilines is 1. The van der Waals surface area contributed by atoms with Crippen LogP contribution in [0.15, 0.2) is 59.1 Å². The van der Waals surface area contributed by atoms with Crippen LogP contribution < -0.4 is 4.90 Å². The zero-order chi connectivity index (χ0) is 16.2. The lowest BCUT2D eigenvalue weighted by atomic mass is 10.1. The second-order valence-corrected chi connectivity index (χ2v) is 6.27. The molecule has 1 heterocycles. The maximum absolute atomic E-state index is 12.2. The van der Waals surface area contributed by atoms with Gasteiger partial charge in [0.05, 0.1) is 0 Å². The molecule has 1 saturated heterocycles. The van der Waals surface area contributed by atoms with Gasteiger partial charge in [-0.2, -0.15) is 0 Å². The molecule has 2 aromatic rings. The Balaban J connectivity index is 1.73. The van der Waals surface area contributed by atoms with Gasteiger partial charge < -0.3 is 4.90 Å². The Hall–Kier alpha value is -2.20. The van der Waals surface area contributed by atoms with E-state index >= 15 is 0 Å². The van der Waals surface area contributed by atoms with Crippen LogP contribution in [0.3, 0.4) is 0 Å². The predicted octanol–water partition coefficient (Wildman–Crippen LogP) is 4.47. The van der Waals surface area contributed by atoms with Gasteiger partial charge in [0, 0.05) is 28.7 Å². The van der Waals surface area contributed by atoms with Crippen LogP contribution >= 0.6 is 15.9 Å². The van der Waals surface area contributed by atoms with Crippen molar-refractivity contribution in [1.29, 1.82) is 0 Å². The van der Waals surface area contributed by atoms with Gasteiger partial charge in [-0.15, -0.1) is 0 Å². The molecule has 3 rings (SSSR count). The van der Waals surface area contributed by atoms with Crippen LogP contribution in [0.1, 0.15) is 28.8 Å². The summed E-state index contributed by atoms with van der Waals surface area (Å²) in [5.41, 5.74) is 2.43. The molecular formula is C19H16BrNO2. The number of nitrogens with zero attached hydrogens (tertiary/aromatic N) is 1. The molecule has 0 N–H and O–H groups in total. The molecule has 0 bridgehead atoms. The molecule has 1 aliphatic rings. The third-order valence-electron chi connectivity index (χ3n) is 3.86. The highest BCUT2D eigenvalue weighted by Crippen LogP contribution is 2.22. The monoisotopic (exact) mass is 369 g/mol. The van der Waals surface area contributed by atoms with Crippen molar-refractivity contribution in [3.63, 3.8) is 0 Å². The maximum Gasteiger partial charge on any atom is 0.227 e. The Bertz CT molecular complexity index is 765. The van der Waals surface area contributed by atoms with E-state index in [1.54, 1.807) is 29.2 Å². The van der Waals surface area contributed by atoms with Gasteiger partial charge in [-0.05, 0) is 54.5 Å². The molecule has 0 saturated carbocycles. The van der Waals surface area contributed by atoms with Crippen LogP contribution in [0.5, 0.6) is 0 Å². The normalized spacial score (nSPS) is 14.7. The van der Waals surface area contributed by atoms with E-state index in [0.717, 1.165) is 28.7 Å². The summed E-state index contributed by atoms with van der Waals surface area (Å²) in [7, 11) is 0. The molecule has 1 amide bonds. The molecule has 0 aromatic heterocycles. The van der Waals surface area contributed by atoms with Crippen molar-refractivity contribution in [2.24, 2.45) is 0 Å². The lowest BCUT2D eigenvalue weighted by molar-refractivity contribution is -0.117. The number of carbonyl (C=O) groups excluding carboxylic acids is 2. The first-order valence-electron chi connectivity index (χ1n) is 7.52. The Labute approximate surface area is 143 Å². The number of amides is 1. The first-order chi connectivity index (χ1) is 11.1. The third-order valence-corrected chi connectivity index (χ3v) is 4.58. The average Bonchev–Trinajstić information content (AvgIpc) is 3.00. The van der Waals surface area contributed by atoms with Crippen molar-refractivity contribution in [2.75, 3.05) is 11.4 Å². The van der Waals surface area contributed by atoms with Gasteiger partial charge in [-0.25, -0.2) is 0 Å². The number of halogens is 1. The Morgan fingerprint density at radius 3 is 2.48 bits per heavy atom. The maximum atomic E-state index is 12.2. The molecule has 3 nitrogen and oxygen atoms in total. The van der Waals surface area contributed by atoms with Crippen LogP contribution in [-0.2, 0) is 4.79 Å². The van der Waals surface area contributed by atoms with E-state index in [1.165, 1.54) is 0 Å². The van der Waals surface area contributed by atoms with Crippen LogP contribution in [0.25, 0.3) is 6.08 Å². The van der Waals surface area contributed by atoms with Crippen molar-refractivity contribution in [2.45, 2.75) is 12.8 Å². The SMILES string of the molecule is O=C(/C=C/c1ccccc1Br)c1ccc(N2CCCC2=O)cc1. The minimum Gasteiger partial charge on any atom is -0.312 e. The quantitative estimate of drug-likeness (QED) is 0.588. The Morgan fingerprint density at radius 2 is 1.83 bits per heavy atom. The van der Waals surface area contributed by atoms with Gasteiger partial charge in [0.1, 0.15) is 0 Å². The summed E-state index contributed by atoms with van der Waals surface area (Å²) < 4.78 is 0.951. The van der Waals surface area contributed by atoms with E-state index < -0.39 is 0 Å². The minimum atomic E-state index is -0.0555. The smallest absolute Gasteiger partial charge is 0.227 e. The second-order valence-electron chi connectivity index (χ2n) is 5.41. The minimum absolute atomic E-state index is 0.0555. The molecule has 4 heteroatoms. The summed E-state index contributed by atoms with van der Waals surface area (Å²) in [6.07, 6.45) is 4.87. The van der Waals surface area contributed by atoms with Crippen LogP contribution in [0, 0.1) is 0 Å². The zero-order valence-electron chi connectivity index (χ0n) is 12.5. The van der Waals surface area contributed by atoms with E-state index in [4.69, 9.17) is 0 Å². The van der Waals surface area contributed by atoms with E-state index in [9.17, 15) is 9.59 Å². The molecule has 0 spiro atoms. The fourth-order valence-electron chi connectivity index (χ4n) is 2.60. The average molecular weight is 370 g/mol. The van der Waals surface area contributed by atoms with Crippen molar-refractivity contribution in [3.05, 3.63) is 70.2 Å². The molecule has 0 atom stereocenters. The van der Waals surface area contributed by atoms with Crippen LogP contribution in [0.2, 0.25) is 0 Å². The first-order valence-corrected chi connectivity index (χ1v) is 8.32. The fourth-order valence-corrected chi connectivity index (χ4v) is 3.02. The number of allylic oxidation sites excluding steroid dienone is 1. The Morgan fingerprint density at radius 1 is 1.09 bits per heavy atom. The van der Waals surface area contributed by atoms with E-state index in [0.29, 0.717) is 12.0 Å². The van der Waals surface area contributed by atoms with Gasteiger partial charge in [-0.1, -0.05) is 34.1 Å². The lowest BCUT2D eigenvalue weighted by Crippen LogP contribution is -2.23. The van der Waals surface area contributed by atoms with Gasteiger partial charge in [0.15, 0.2) is 5.78 Å². The van der Waals surface area contributed by atoms with Gasteiger partial charge in [0.25, 0.3) is 0 Å². The number of benzene rings is 2. The van der Waals surface area contributed by atoms with E-state index in [-0.39, 0.29) is 11.7 Å². The summed E-state index contributed by atoms with van der Waals surface area (Å²) in [6.45, 7) is 0.758. The number of hydrogen-bond donors (Lipinski definition) is 0. The number of hydrogen-bond acceptors (Lipinski definition) is 2. The highest BCUT2D eigenvalue weighted by molar-refractivity contribution is 9.10. The molecule has 1 fully saturated rings. The summed E-state index contributed by atoms with van der Waals surface area (Å²) in [5.74, 6) is 0.0953. The lowest BCUT2D eigenvalue weighted by Gasteiger charge is -2.15. The van der Waals surface area contributed by atoms with Crippen LogP contribution in [-0.4, -0.2) is 18.2 Å². The molecule has 23 heavy (non-hydrogen) atoms. The topological polar surface area (TPSA) is 37.4 Å². The summed E-state index contributed by atoms with van der Waals surface area (Å²) in [5, 5.41) is 0. The molecule has 0 aliphatic carbocycles. The summed E-state index contributed by atoms with van der Waals surface area (Å²) in [6, 6.07) is 15.0. The molecule has 116 valence electrons. The predicted molar refractivity (Wildman–Crippen MR) is 95.5 cm³/mol. The van der Waals surface area contributed by atoms with E-state index in [1.807, 2.05) is 36.4 Å². The first kappa shape index (κ1) is 15.7. The molecular weight excluding hydrogens is 354 g/mol. The third kappa shape index (κ3) is 3.59. The highest BCUT2D eigenvalue weighted by Gasteiger charge is 2.21. The van der Waals surface area contributed by atoms with Crippen molar-refractivity contribution in [1.82, 2.24) is 0 Å². The van der Waals surface area contributed by atoms with E-state index in [2.05, 4.69) is 15.9 Å². The largest absolute Gasteiger partial charge is 0.312 e. The number of ketones is 1. The van der Waals surface area contributed by atoms with Crippen molar-refractivity contribution >= 4 is 39.4 Å². The van der Waals surface area contributed by atoms with Crippen molar-refractivity contribution < 1.29 is 9.59 Å². The van der Waals surface area contributed by atoms with Gasteiger partial charge in [0.2, 0.25) is 5.91 Å². The molecule has 1 aliphatic heterocycles. The summed E-state index contributed by atoms with van der Waals surface area (Å²) in [4.78, 5) is 25.7. The zero-order valence-corrected chi connectivity index (χ0v) is 14.1. The van der Waals surface area contributed by atoms with Crippen molar-refractivity contribution in [3.8, 4) is 0 Å². The van der Waals surface area contributed by atoms with Gasteiger partial charge >= 0.3 is 0 Å². The fraction of sp³-hybridized carbons (Fsp3) is 0.158. The van der Waals surface area contributed by atoms with Crippen LogP contribution in [0.4, 0.5) is 5.69 Å². The number of rotatable bonds is 4. The number of carbonyl (C=O) groups is 2. The Kier molecular flexibility index (Phi) is 4.72. The molecule has 0 unspecified atom stereocenters. The molecule has 2 aromatic carbocycles.